The zero-order valence-electron chi connectivity index (χ0n) is 18.2. The Morgan fingerprint density at radius 3 is 2.45 bits per heavy atom. The van der Waals surface area contributed by atoms with Crippen molar-refractivity contribution in [3.63, 3.8) is 0 Å². The number of rotatable bonds is 9. The molecule has 0 aromatic carbocycles. The fourth-order valence-corrected chi connectivity index (χ4v) is 2.64. The highest BCUT2D eigenvalue weighted by Crippen LogP contribution is 2.18. The van der Waals surface area contributed by atoms with Gasteiger partial charge in [-0.2, -0.15) is 0 Å². The maximum atomic E-state index is 12.6. The van der Waals surface area contributed by atoms with Gasteiger partial charge in [-0.1, -0.05) is 13.8 Å². The number of hydrogen-bond acceptors (Lipinski definition) is 5. The van der Waals surface area contributed by atoms with Crippen LogP contribution in [0, 0.1) is 12.8 Å². The number of carbonyl (C=O) groups is 3. The van der Waals surface area contributed by atoms with Gasteiger partial charge in [0.05, 0.1) is 0 Å². The summed E-state index contributed by atoms with van der Waals surface area (Å²) in [5, 5.41) is 11.8. The molecule has 29 heavy (non-hydrogen) atoms. The quantitative estimate of drug-likeness (QED) is 0.648. The molecule has 0 aliphatic rings. The largest absolute Gasteiger partial charge is 0.480 e. The molecule has 1 unspecified atom stereocenters. The molecule has 8 nitrogen and oxygen atoms in total. The minimum absolute atomic E-state index is 0.0903. The van der Waals surface area contributed by atoms with E-state index in [1.165, 1.54) is 4.90 Å². The second-order valence-corrected chi connectivity index (χ2v) is 8.51. The second-order valence-electron chi connectivity index (χ2n) is 8.51. The number of nitrogens with one attached hydrogen (secondary N) is 1. The third-order valence-corrected chi connectivity index (χ3v) is 3.92. The molecule has 0 spiro atoms. The van der Waals surface area contributed by atoms with Gasteiger partial charge in [-0.15, -0.1) is 0 Å². The molecule has 0 saturated heterocycles. The van der Waals surface area contributed by atoms with E-state index in [1.54, 1.807) is 33.0 Å². The van der Waals surface area contributed by atoms with Crippen molar-refractivity contribution in [2.75, 3.05) is 11.4 Å². The number of aromatic nitrogens is 1. The van der Waals surface area contributed by atoms with E-state index in [0.29, 0.717) is 18.7 Å². The van der Waals surface area contributed by atoms with Crippen LogP contribution in [0.5, 0.6) is 0 Å². The van der Waals surface area contributed by atoms with Crippen molar-refractivity contribution in [2.45, 2.75) is 72.4 Å². The van der Waals surface area contributed by atoms with Crippen LogP contribution in [0.25, 0.3) is 0 Å². The van der Waals surface area contributed by atoms with Gasteiger partial charge < -0.3 is 15.2 Å². The van der Waals surface area contributed by atoms with Crippen molar-refractivity contribution in [1.82, 2.24) is 10.3 Å². The van der Waals surface area contributed by atoms with Crippen molar-refractivity contribution >= 4 is 23.8 Å². The van der Waals surface area contributed by atoms with Gasteiger partial charge in [0.2, 0.25) is 5.91 Å². The third kappa shape index (κ3) is 9.40. The van der Waals surface area contributed by atoms with Gasteiger partial charge in [-0.25, -0.2) is 14.6 Å². The number of carbonyl (C=O) groups excluding carboxylic acids is 2. The van der Waals surface area contributed by atoms with Crippen LogP contribution >= 0.6 is 0 Å². The number of ether oxygens (including phenoxy) is 1. The topological polar surface area (TPSA) is 109 Å². The van der Waals surface area contributed by atoms with Gasteiger partial charge in [-0.05, 0) is 64.2 Å². The van der Waals surface area contributed by atoms with Crippen LogP contribution in [-0.4, -0.2) is 46.2 Å². The van der Waals surface area contributed by atoms with Crippen LogP contribution in [0.1, 0.15) is 59.4 Å². The predicted octanol–water partition coefficient (Wildman–Crippen LogP) is 3.53. The lowest BCUT2D eigenvalue weighted by Gasteiger charge is -2.27. The van der Waals surface area contributed by atoms with Crippen LogP contribution in [0.3, 0.4) is 0 Å². The number of pyridine rings is 1. The summed E-state index contributed by atoms with van der Waals surface area (Å²) in [6.45, 7) is 11.3. The van der Waals surface area contributed by atoms with E-state index in [-0.39, 0.29) is 24.8 Å². The van der Waals surface area contributed by atoms with E-state index in [9.17, 15) is 19.5 Å². The molecule has 0 aliphatic carbocycles. The van der Waals surface area contributed by atoms with Gasteiger partial charge in [-0.3, -0.25) is 9.69 Å². The number of aliphatic carboxylic acids is 1. The molecule has 162 valence electrons. The molecule has 0 aliphatic heterocycles. The normalized spacial score (nSPS) is 12.4. The first kappa shape index (κ1) is 24.4. The molecule has 1 aromatic rings. The van der Waals surface area contributed by atoms with Crippen LogP contribution in [0.15, 0.2) is 18.3 Å². The predicted molar refractivity (Wildman–Crippen MR) is 111 cm³/mol. The summed E-state index contributed by atoms with van der Waals surface area (Å²) < 4.78 is 5.46. The summed E-state index contributed by atoms with van der Waals surface area (Å²) >= 11 is 0. The van der Waals surface area contributed by atoms with Crippen molar-refractivity contribution < 1.29 is 24.2 Å². The van der Waals surface area contributed by atoms with Crippen LogP contribution in [0.2, 0.25) is 0 Å². The number of amides is 2. The molecule has 1 heterocycles. The first-order chi connectivity index (χ1) is 13.4. The maximum Gasteiger partial charge on any atom is 0.416 e. The fraction of sp³-hybridized carbons (Fsp3) is 0.619. The van der Waals surface area contributed by atoms with Gasteiger partial charge >= 0.3 is 12.1 Å². The van der Waals surface area contributed by atoms with E-state index in [2.05, 4.69) is 10.3 Å². The Balaban J connectivity index is 2.76. The Bertz CT molecular complexity index is 713. The molecule has 2 N–H and O–H groups in total. The van der Waals surface area contributed by atoms with Gasteiger partial charge in [0, 0.05) is 19.2 Å². The van der Waals surface area contributed by atoms with Crippen molar-refractivity contribution in [2.24, 2.45) is 5.92 Å². The molecule has 0 saturated carbocycles. The second kappa shape index (κ2) is 10.8. The van der Waals surface area contributed by atoms with Crippen molar-refractivity contribution in [1.29, 1.82) is 0 Å². The number of carboxylic acid groups (broad SMARTS) is 1. The lowest BCUT2D eigenvalue weighted by atomic mass is 10.0. The van der Waals surface area contributed by atoms with Crippen LogP contribution in [-0.2, 0) is 14.3 Å². The van der Waals surface area contributed by atoms with Crippen molar-refractivity contribution in [3.8, 4) is 0 Å². The first-order valence-corrected chi connectivity index (χ1v) is 9.84. The Morgan fingerprint density at radius 2 is 1.93 bits per heavy atom. The summed E-state index contributed by atoms with van der Waals surface area (Å²) in [4.78, 5) is 41.7. The third-order valence-electron chi connectivity index (χ3n) is 3.92. The minimum Gasteiger partial charge on any atom is -0.480 e. The maximum absolute atomic E-state index is 12.6. The Hall–Kier alpha value is -2.64. The van der Waals surface area contributed by atoms with Gasteiger partial charge in [0.15, 0.2) is 0 Å². The highest BCUT2D eigenvalue weighted by molar-refractivity contribution is 5.87. The standard InChI is InChI=1S/C21H33N3O5/c1-14(2)12-16(19(26)27)23-18(25)8-7-11-24(20(28)29-21(4,5)6)17-13-15(3)9-10-22-17/h9-10,13-14,16H,7-8,11-12H2,1-6H3,(H,23,25)(H,26,27). The Morgan fingerprint density at radius 1 is 1.28 bits per heavy atom. The molecule has 8 heteroatoms. The number of carboxylic acids is 1. The summed E-state index contributed by atoms with van der Waals surface area (Å²) in [5.74, 6) is -0.819. The Labute approximate surface area is 172 Å². The first-order valence-electron chi connectivity index (χ1n) is 9.84. The zero-order valence-corrected chi connectivity index (χ0v) is 18.2. The fourth-order valence-electron chi connectivity index (χ4n) is 2.64. The lowest BCUT2D eigenvalue weighted by molar-refractivity contribution is -0.142. The zero-order chi connectivity index (χ0) is 22.2. The lowest BCUT2D eigenvalue weighted by Crippen LogP contribution is -2.42. The molecule has 0 fully saturated rings. The van der Waals surface area contributed by atoms with Crippen LogP contribution < -0.4 is 10.2 Å². The smallest absolute Gasteiger partial charge is 0.416 e. The molecule has 1 aromatic heterocycles. The molecule has 1 atom stereocenters. The summed E-state index contributed by atoms with van der Waals surface area (Å²) in [6, 6.07) is 2.68. The summed E-state index contributed by atoms with van der Waals surface area (Å²) in [6.07, 6.45) is 1.86. The monoisotopic (exact) mass is 407 g/mol. The number of nitrogens with zero attached hydrogens (tertiary/aromatic N) is 2. The highest BCUT2D eigenvalue weighted by atomic mass is 16.6. The molecule has 2 amide bonds. The van der Waals surface area contributed by atoms with E-state index >= 15 is 0 Å². The minimum atomic E-state index is -1.05. The van der Waals surface area contributed by atoms with Crippen molar-refractivity contribution in [3.05, 3.63) is 23.9 Å². The van der Waals surface area contributed by atoms with E-state index in [1.807, 2.05) is 26.8 Å². The average molecular weight is 408 g/mol. The van der Waals surface area contributed by atoms with Crippen LogP contribution in [0.4, 0.5) is 10.6 Å². The molecular weight excluding hydrogens is 374 g/mol. The van der Waals surface area contributed by atoms with E-state index in [0.717, 1.165) is 5.56 Å². The number of anilines is 1. The van der Waals surface area contributed by atoms with E-state index in [4.69, 9.17) is 4.74 Å². The molecular formula is C21H33N3O5. The molecule has 1 rings (SSSR count). The molecule has 0 radical (unpaired) electrons. The molecule has 0 bridgehead atoms. The van der Waals surface area contributed by atoms with Gasteiger partial charge in [0.25, 0.3) is 0 Å². The SMILES string of the molecule is Cc1ccnc(N(CCCC(=O)NC(CC(C)C)C(=O)O)C(=O)OC(C)(C)C)c1. The summed E-state index contributed by atoms with van der Waals surface area (Å²) in [7, 11) is 0. The summed E-state index contributed by atoms with van der Waals surface area (Å²) in [5.41, 5.74) is 0.279. The average Bonchev–Trinajstić information content (AvgIpc) is 2.56. The number of aryl methyl sites for hydroxylation is 1. The van der Waals surface area contributed by atoms with E-state index < -0.39 is 23.7 Å². The van der Waals surface area contributed by atoms with Gasteiger partial charge in [0.1, 0.15) is 17.5 Å². The Kier molecular flexibility index (Phi) is 9.07. The number of hydrogen-bond donors (Lipinski definition) is 2. The highest BCUT2D eigenvalue weighted by Gasteiger charge is 2.25.